The Morgan fingerprint density at radius 3 is 2.50 bits per heavy atom. The molecule has 1 amide bonds. The molecular formula is C15H20F2N2O3. The molecule has 0 atom stereocenters. The second-order valence-electron chi connectivity index (χ2n) is 6.22. The average molecular weight is 314 g/mol. The summed E-state index contributed by atoms with van der Waals surface area (Å²) in [4.78, 5) is 13.3. The van der Waals surface area contributed by atoms with Crippen LogP contribution in [-0.2, 0) is 4.74 Å². The van der Waals surface area contributed by atoms with Crippen LogP contribution in [0, 0.1) is 0 Å². The number of nitrogens with two attached hydrogens (primary N) is 1. The molecule has 0 bridgehead atoms. The van der Waals surface area contributed by atoms with Crippen molar-refractivity contribution in [2.45, 2.75) is 38.9 Å². The van der Waals surface area contributed by atoms with E-state index in [-0.39, 0.29) is 17.4 Å². The second kappa shape index (κ2) is 5.98. The largest absolute Gasteiger partial charge is 0.485 e. The Kier molecular flexibility index (Phi) is 4.44. The molecule has 5 nitrogen and oxygen atoms in total. The van der Waals surface area contributed by atoms with Crippen LogP contribution in [0.25, 0.3) is 0 Å². The molecule has 1 aromatic carbocycles. The first kappa shape index (κ1) is 16.3. The molecule has 0 saturated carbocycles. The first-order valence-corrected chi connectivity index (χ1v) is 6.98. The lowest BCUT2D eigenvalue weighted by Crippen LogP contribution is -2.57. The van der Waals surface area contributed by atoms with E-state index in [0.29, 0.717) is 18.8 Å². The SMILES string of the molecule is CC(C)(C)OC(=O)N1CC(Oc2ccc(C(F)F)cc2N)C1. The zero-order chi connectivity index (χ0) is 16.5. The van der Waals surface area contributed by atoms with Crippen LogP contribution in [0.2, 0.25) is 0 Å². The van der Waals surface area contributed by atoms with E-state index < -0.39 is 18.1 Å². The highest BCUT2D eigenvalue weighted by molar-refractivity contribution is 5.69. The predicted molar refractivity (Wildman–Crippen MR) is 78.0 cm³/mol. The highest BCUT2D eigenvalue weighted by Crippen LogP contribution is 2.30. The normalized spacial score (nSPS) is 15.6. The molecule has 0 spiro atoms. The number of hydrogen-bond donors (Lipinski definition) is 1. The third kappa shape index (κ3) is 3.99. The lowest BCUT2D eigenvalue weighted by atomic mass is 10.1. The van der Waals surface area contributed by atoms with Crippen LogP contribution in [0.1, 0.15) is 32.8 Å². The van der Waals surface area contributed by atoms with Crippen LogP contribution >= 0.6 is 0 Å². The Hall–Kier alpha value is -2.05. The number of benzene rings is 1. The molecular weight excluding hydrogens is 294 g/mol. The lowest BCUT2D eigenvalue weighted by Gasteiger charge is -2.39. The highest BCUT2D eigenvalue weighted by Gasteiger charge is 2.35. The summed E-state index contributed by atoms with van der Waals surface area (Å²) < 4.78 is 35.9. The number of carbonyl (C=O) groups is 1. The van der Waals surface area contributed by atoms with Crippen molar-refractivity contribution in [3.8, 4) is 5.75 Å². The first-order chi connectivity index (χ1) is 10.2. The Morgan fingerprint density at radius 2 is 2.00 bits per heavy atom. The van der Waals surface area contributed by atoms with Crippen molar-refractivity contribution in [3.63, 3.8) is 0 Å². The Morgan fingerprint density at radius 1 is 1.36 bits per heavy atom. The molecule has 0 aromatic heterocycles. The van der Waals surface area contributed by atoms with Gasteiger partial charge in [-0.2, -0.15) is 0 Å². The van der Waals surface area contributed by atoms with E-state index in [4.69, 9.17) is 15.2 Å². The number of anilines is 1. The number of halogens is 2. The average Bonchev–Trinajstić information content (AvgIpc) is 2.31. The smallest absolute Gasteiger partial charge is 0.410 e. The van der Waals surface area contributed by atoms with Crippen molar-refractivity contribution in [2.75, 3.05) is 18.8 Å². The van der Waals surface area contributed by atoms with E-state index in [9.17, 15) is 13.6 Å². The van der Waals surface area contributed by atoms with Gasteiger partial charge in [-0.25, -0.2) is 13.6 Å². The number of ether oxygens (including phenoxy) is 2. The molecule has 0 aliphatic carbocycles. The minimum absolute atomic E-state index is 0.145. The quantitative estimate of drug-likeness (QED) is 0.870. The van der Waals surface area contributed by atoms with Gasteiger partial charge in [0.1, 0.15) is 17.5 Å². The number of amides is 1. The summed E-state index contributed by atoms with van der Waals surface area (Å²) in [7, 11) is 0. The van der Waals surface area contributed by atoms with Crippen LogP contribution < -0.4 is 10.5 Å². The van der Waals surface area contributed by atoms with Gasteiger partial charge in [0.15, 0.2) is 0 Å². The summed E-state index contributed by atoms with van der Waals surface area (Å²) in [5.41, 5.74) is 5.17. The molecule has 22 heavy (non-hydrogen) atoms. The summed E-state index contributed by atoms with van der Waals surface area (Å²) in [6, 6.07) is 3.90. The summed E-state index contributed by atoms with van der Waals surface area (Å²) in [6.45, 7) is 6.15. The van der Waals surface area contributed by atoms with Crippen molar-refractivity contribution in [1.82, 2.24) is 4.90 Å². The first-order valence-electron chi connectivity index (χ1n) is 6.98. The van der Waals surface area contributed by atoms with E-state index in [1.807, 2.05) is 0 Å². The predicted octanol–water partition coefficient (Wildman–Crippen LogP) is 3.20. The summed E-state index contributed by atoms with van der Waals surface area (Å²) in [5.74, 6) is 0.346. The molecule has 1 aliphatic rings. The molecule has 0 unspecified atom stereocenters. The fraction of sp³-hybridized carbons (Fsp3) is 0.533. The number of nitrogens with zero attached hydrogens (tertiary/aromatic N) is 1. The molecule has 1 aliphatic heterocycles. The van der Waals surface area contributed by atoms with E-state index >= 15 is 0 Å². The van der Waals surface area contributed by atoms with E-state index in [1.165, 1.54) is 23.1 Å². The van der Waals surface area contributed by atoms with Crippen molar-refractivity contribution in [2.24, 2.45) is 0 Å². The van der Waals surface area contributed by atoms with Crippen molar-refractivity contribution in [3.05, 3.63) is 23.8 Å². The third-order valence-corrected chi connectivity index (χ3v) is 3.08. The molecule has 1 heterocycles. The second-order valence-corrected chi connectivity index (χ2v) is 6.22. The molecule has 1 fully saturated rings. The van der Waals surface area contributed by atoms with Gasteiger partial charge in [0.2, 0.25) is 0 Å². The number of nitrogen functional groups attached to an aromatic ring is 1. The van der Waals surface area contributed by atoms with Gasteiger partial charge in [-0.1, -0.05) is 0 Å². The lowest BCUT2D eigenvalue weighted by molar-refractivity contribution is -0.0219. The fourth-order valence-electron chi connectivity index (χ4n) is 1.98. The topological polar surface area (TPSA) is 64.8 Å². The van der Waals surface area contributed by atoms with Gasteiger partial charge < -0.3 is 20.1 Å². The zero-order valence-electron chi connectivity index (χ0n) is 12.8. The molecule has 7 heteroatoms. The maximum Gasteiger partial charge on any atom is 0.410 e. The van der Waals surface area contributed by atoms with Gasteiger partial charge in [0.25, 0.3) is 6.43 Å². The van der Waals surface area contributed by atoms with Crippen LogP contribution in [0.15, 0.2) is 18.2 Å². The van der Waals surface area contributed by atoms with Gasteiger partial charge in [0, 0.05) is 5.56 Å². The summed E-state index contributed by atoms with van der Waals surface area (Å²) in [6.07, 6.45) is -3.18. The molecule has 2 N–H and O–H groups in total. The van der Waals surface area contributed by atoms with Gasteiger partial charge >= 0.3 is 6.09 Å². The molecule has 2 rings (SSSR count). The fourth-order valence-corrected chi connectivity index (χ4v) is 1.98. The van der Waals surface area contributed by atoms with Gasteiger partial charge in [-0.3, -0.25) is 0 Å². The van der Waals surface area contributed by atoms with Crippen molar-refractivity contribution >= 4 is 11.8 Å². The highest BCUT2D eigenvalue weighted by atomic mass is 19.3. The maximum absolute atomic E-state index is 12.5. The monoisotopic (exact) mass is 314 g/mol. The van der Waals surface area contributed by atoms with Crippen LogP contribution in [0.4, 0.5) is 19.3 Å². The molecule has 122 valence electrons. The Bertz CT molecular complexity index is 552. The molecule has 1 saturated heterocycles. The summed E-state index contributed by atoms with van der Waals surface area (Å²) >= 11 is 0. The zero-order valence-corrected chi connectivity index (χ0v) is 12.8. The van der Waals surface area contributed by atoms with Crippen molar-refractivity contribution in [1.29, 1.82) is 0 Å². The minimum atomic E-state index is -2.57. The number of alkyl halides is 2. The van der Waals surface area contributed by atoms with Crippen LogP contribution in [0.5, 0.6) is 5.75 Å². The minimum Gasteiger partial charge on any atom is -0.485 e. The van der Waals surface area contributed by atoms with E-state index in [0.717, 1.165) is 0 Å². The molecule has 1 aromatic rings. The Balaban J connectivity index is 1.86. The van der Waals surface area contributed by atoms with Crippen LogP contribution in [-0.4, -0.2) is 35.8 Å². The Labute approximate surface area is 128 Å². The van der Waals surface area contributed by atoms with Gasteiger partial charge in [0.05, 0.1) is 18.8 Å². The maximum atomic E-state index is 12.5. The van der Waals surface area contributed by atoms with E-state index in [1.54, 1.807) is 20.8 Å². The molecule has 0 radical (unpaired) electrons. The number of likely N-dealkylation sites (tertiary alicyclic amines) is 1. The summed E-state index contributed by atoms with van der Waals surface area (Å²) in [5, 5.41) is 0. The van der Waals surface area contributed by atoms with Gasteiger partial charge in [-0.15, -0.1) is 0 Å². The number of hydrogen-bond acceptors (Lipinski definition) is 4. The number of rotatable bonds is 3. The van der Waals surface area contributed by atoms with Crippen LogP contribution in [0.3, 0.4) is 0 Å². The third-order valence-electron chi connectivity index (χ3n) is 3.08. The van der Waals surface area contributed by atoms with Gasteiger partial charge in [-0.05, 0) is 39.0 Å². The standard InChI is InChI=1S/C15H20F2N2O3/c1-15(2,3)22-14(20)19-7-10(8-19)21-12-5-4-9(13(16)17)6-11(12)18/h4-6,10,13H,7-8,18H2,1-3H3. The van der Waals surface area contributed by atoms with Crippen molar-refractivity contribution < 1.29 is 23.0 Å². The number of carbonyl (C=O) groups excluding carboxylic acids is 1. The van der Waals surface area contributed by atoms with E-state index in [2.05, 4.69) is 0 Å².